The zero-order valence-electron chi connectivity index (χ0n) is 18.0. The van der Waals surface area contributed by atoms with Gasteiger partial charge in [-0.1, -0.05) is 47.5 Å². The second-order valence-corrected chi connectivity index (χ2v) is 8.90. The molecule has 2 aliphatic rings. The van der Waals surface area contributed by atoms with Crippen molar-refractivity contribution >= 4 is 23.9 Å². The maximum atomic E-state index is 13.1. The van der Waals surface area contributed by atoms with E-state index in [2.05, 4.69) is 5.32 Å². The third-order valence-electron chi connectivity index (χ3n) is 5.36. The quantitative estimate of drug-likeness (QED) is 0.721. The van der Waals surface area contributed by atoms with Crippen molar-refractivity contribution < 1.29 is 28.8 Å². The van der Waals surface area contributed by atoms with E-state index in [9.17, 15) is 19.2 Å². The van der Waals surface area contributed by atoms with Gasteiger partial charge in [-0.05, 0) is 56.7 Å². The molecular formula is C24H24N2O6. The van der Waals surface area contributed by atoms with E-state index in [1.165, 1.54) is 12.1 Å². The molecule has 3 unspecified atom stereocenters. The first-order chi connectivity index (χ1) is 15.2. The predicted molar refractivity (Wildman–Crippen MR) is 113 cm³/mol. The Morgan fingerprint density at radius 2 is 1.53 bits per heavy atom. The van der Waals surface area contributed by atoms with E-state index >= 15 is 0 Å². The third-order valence-corrected chi connectivity index (χ3v) is 5.36. The Bertz CT molecular complexity index is 1040. The van der Waals surface area contributed by atoms with Crippen LogP contribution in [0.2, 0.25) is 0 Å². The van der Waals surface area contributed by atoms with Crippen LogP contribution in [0, 0.1) is 5.92 Å². The molecule has 4 rings (SSSR count). The van der Waals surface area contributed by atoms with Crippen molar-refractivity contribution in [1.29, 1.82) is 0 Å². The van der Waals surface area contributed by atoms with Gasteiger partial charge in [0, 0.05) is 0 Å². The number of nitrogens with one attached hydrogen (secondary N) is 1. The normalized spacial score (nSPS) is 20.4. The molecule has 0 bridgehead atoms. The summed E-state index contributed by atoms with van der Waals surface area (Å²) in [6.45, 7) is 5.13. The number of alkyl carbamates (subject to hydrolysis) is 1. The van der Waals surface area contributed by atoms with E-state index < -0.39 is 35.5 Å². The van der Waals surface area contributed by atoms with Gasteiger partial charge in [0.25, 0.3) is 11.8 Å². The summed E-state index contributed by atoms with van der Waals surface area (Å²) in [6, 6.07) is 14.7. The largest absolute Gasteiger partial charge is 0.444 e. The number of fused-ring (bicyclic) bond motifs is 1. The Morgan fingerprint density at radius 3 is 2.09 bits per heavy atom. The first-order valence-electron chi connectivity index (χ1n) is 10.4. The summed E-state index contributed by atoms with van der Waals surface area (Å²) in [6.07, 6.45) is -0.137. The molecule has 1 aliphatic heterocycles. The number of hydrogen-bond acceptors (Lipinski definition) is 6. The van der Waals surface area contributed by atoms with Gasteiger partial charge in [0.05, 0.1) is 11.1 Å². The molecule has 0 aromatic heterocycles. The van der Waals surface area contributed by atoms with Gasteiger partial charge in [-0.15, -0.1) is 0 Å². The highest BCUT2D eigenvalue weighted by atomic mass is 16.7. The lowest BCUT2D eigenvalue weighted by atomic mass is 10.1. The number of carbonyl (C=O) groups excluding carboxylic acids is 4. The van der Waals surface area contributed by atoms with Gasteiger partial charge in [-0.2, -0.15) is 0 Å². The second kappa shape index (κ2) is 8.11. The standard InChI is InChI=1S/C24H24N2O6/c1-24(2,3)31-23(30)25-19(18-13-17(18)14-9-5-4-6-10-14)22(29)32-26-20(27)15-11-7-8-12-16(15)21(26)28/h4-12,17-19H,13H2,1-3H3,(H,25,30). The molecule has 0 saturated heterocycles. The fourth-order valence-electron chi connectivity index (χ4n) is 3.84. The predicted octanol–water partition coefficient (Wildman–Crippen LogP) is 3.44. The van der Waals surface area contributed by atoms with Crippen molar-refractivity contribution in [3.05, 3.63) is 71.3 Å². The maximum absolute atomic E-state index is 13.1. The Hall–Kier alpha value is -3.68. The van der Waals surface area contributed by atoms with Crippen LogP contribution in [-0.2, 0) is 14.4 Å². The lowest BCUT2D eigenvalue weighted by Crippen LogP contribution is -2.48. The topological polar surface area (TPSA) is 102 Å². The number of amides is 3. The Morgan fingerprint density at radius 1 is 0.969 bits per heavy atom. The minimum Gasteiger partial charge on any atom is -0.444 e. The molecule has 3 atom stereocenters. The van der Waals surface area contributed by atoms with Crippen LogP contribution in [0.1, 0.15) is 59.4 Å². The Balaban J connectivity index is 1.52. The van der Waals surface area contributed by atoms with Crippen LogP contribution in [0.5, 0.6) is 0 Å². The van der Waals surface area contributed by atoms with Gasteiger partial charge >= 0.3 is 12.1 Å². The summed E-state index contributed by atoms with van der Waals surface area (Å²) < 4.78 is 5.29. The number of nitrogens with zero attached hydrogens (tertiary/aromatic N) is 1. The summed E-state index contributed by atoms with van der Waals surface area (Å²) in [5.41, 5.74) is 0.594. The smallest absolute Gasteiger partial charge is 0.408 e. The monoisotopic (exact) mass is 436 g/mol. The van der Waals surface area contributed by atoms with Crippen LogP contribution < -0.4 is 5.32 Å². The van der Waals surface area contributed by atoms with Crippen molar-refractivity contribution in [3.8, 4) is 0 Å². The van der Waals surface area contributed by atoms with Gasteiger partial charge in [-0.3, -0.25) is 9.59 Å². The number of hydrogen-bond donors (Lipinski definition) is 1. The fourth-order valence-corrected chi connectivity index (χ4v) is 3.84. The molecular weight excluding hydrogens is 412 g/mol. The number of imide groups is 1. The van der Waals surface area contributed by atoms with Crippen LogP contribution in [0.25, 0.3) is 0 Å². The molecule has 1 aliphatic carbocycles. The van der Waals surface area contributed by atoms with E-state index in [4.69, 9.17) is 9.57 Å². The average Bonchev–Trinajstić information content (AvgIpc) is 3.50. The van der Waals surface area contributed by atoms with E-state index in [1.807, 2.05) is 30.3 Å². The first kappa shape index (κ1) is 21.5. The molecule has 1 N–H and O–H groups in total. The molecule has 2 aromatic rings. The third kappa shape index (κ3) is 4.34. The van der Waals surface area contributed by atoms with Gasteiger partial charge in [-0.25, -0.2) is 9.59 Å². The van der Waals surface area contributed by atoms with Crippen LogP contribution in [0.3, 0.4) is 0 Å². The molecule has 166 valence electrons. The average molecular weight is 436 g/mol. The van der Waals surface area contributed by atoms with E-state index in [-0.39, 0.29) is 23.0 Å². The summed E-state index contributed by atoms with van der Waals surface area (Å²) in [5.74, 6) is -2.55. The van der Waals surface area contributed by atoms with Crippen LogP contribution in [-0.4, -0.2) is 40.6 Å². The molecule has 8 nitrogen and oxygen atoms in total. The summed E-state index contributed by atoms with van der Waals surface area (Å²) in [7, 11) is 0. The lowest BCUT2D eigenvalue weighted by molar-refractivity contribution is -0.171. The molecule has 1 fully saturated rings. The highest BCUT2D eigenvalue weighted by molar-refractivity contribution is 6.20. The molecule has 1 heterocycles. The van der Waals surface area contributed by atoms with Gasteiger partial charge in [0.15, 0.2) is 0 Å². The van der Waals surface area contributed by atoms with E-state index in [0.717, 1.165) is 5.56 Å². The van der Waals surface area contributed by atoms with Crippen LogP contribution in [0.15, 0.2) is 54.6 Å². The van der Waals surface area contributed by atoms with Crippen LogP contribution >= 0.6 is 0 Å². The van der Waals surface area contributed by atoms with E-state index in [0.29, 0.717) is 11.5 Å². The van der Waals surface area contributed by atoms with Gasteiger partial charge < -0.3 is 14.9 Å². The number of ether oxygens (including phenoxy) is 1. The van der Waals surface area contributed by atoms with Gasteiger partial charge in [0.1, 0.15) is 11.6 Å². The second-order valence-electron chi connectivity index (χ2n) is 8.90. The van der Waals surface area contributed by atoms with E-state index in [1.54, 1.807) is 32.9 Å². The molecule has 1 saturated carbocycles. The van der Waals surface area contributed by atoms with Crippen molar-refractivity contribution in [2.24, 2.45) is 5.92 Å². The summed E-state index contributed by atoms with van der Waals surface area (Å²) in [4.78, 5) is 55.8. The molecule has 3 amide bonds. The number of benzene rings is 2. The summed E-state index contributed by atoms with van der Waals surface area (Å²) >= 11 is 0. The number of hydroxylamine groups is 2. The highest BCUT2D eigenvalue weighted by Crippen LogP contribution is 2.49. The van der Waals surface area contributed by atoms with Crippen molar-refractivity contribution in [3.63, 3.8) is 0 Å². The van der Waals surface area contributed by atoms with Crippen molar-refractivity contribution in [1.82, 2.24) is 10.4 Å². The SMILES string of the molecule is CC(C)(C)OC(=O)NC(C(=O)ON1C(=O)c2ccccc2C1=O)C1CC1c1ccccc1. The Labute approximate surface area is 185 Å². The van der Waals surface area contributed by atoms with Crippen molar-refractivity contribution in [2.45, 2.75) is 44.8 Å². The zero-order valence-corrected chi connectivity index (χ0v) is 18.0. The number of carbonyl (C=O) groups is 4. The minimum absolute atomic E-state index is 0.0332. The first-order valence-corrected chi connectivity index (χ1v) is 10.4. The fraction of sp³-hybridized carbons (Fsp3) is 0.333. The Kier molecular flexibility index (Phi) is 5.46. The molecule has 0 spiro atoms. The van der Waals surface area contributed by atoms with Crippen LogP contribution in [0.4, 0.5) is 4.79 Å². The maximum Gasteiger partial charge on any atom is 0.408 e. The molecule has 0 radical (unpaired) electrons. The van der Waals surface area contributed by atoms with Crippen molar-refractivity contribution in [2.75, 3.05) is 0 Å². The highest BCUT2D eigenvalue weighted by Gasteiger charge is 2.50. The minimum atomic E-state index is -1.08. The molecule has 8 heteroatoms. The lowest BCUT2D eigenvalue weighted by Gasteiger charge is -2.24. The summed E-state index contributed by atoms with van der Waals surface area (Å²) in [5, 5.41) is 3.03. The van der Waals surface area contributed by atoms with Gasteiger partial charge in [0.2, 0.25) is 0 Å². The number of rotatable bonds is 5. The molecule has 32 heavy (non-hydrogen) atoms. The molecule has 2 aromatic carbocycles. The zero-order chi connectivity index (χ0) is 23.0.